The fourth-order valence-corrected chi connectivity index (χ4v) is 2.12. The molecule has 2 N–H and O–H groups in total. The first-order chi connectivity index (χ1) is 6.77. The van der Waals surface area contributed by atoms with Crippen molar-refractivity contribution in [3.05, 3.63) is 29.8 Å². The zero-order valence-electron chi connectivity index (χ0n) is 9.40. The Morgan fingerprint density at radius 3 is 2.27 bits per heavy atom. The summed E-state index contributed by atoms with van der Waals surface area (Å²) in [6.07, 6.45) is 2.22. The van der Waals surface area contributed by atoms with Crippen molar-refractivity contribution in [2.45, 2.75) is 37.6 Å². The zero-order chi connectivity index (χ0) is 10.4. The monoisotopic (exact) mass is 245 g/mol. The highest BCUT2D eigenvalue weighted by Crippen LogP contribution is 2.21. The summed E-state index contributed by atoms with van der Waals surface area (Å²) in [5.41, 5.74) is 7.28. The van der Waals surface area contributed by atoms with E-state index < -0.39 is 0 Å². The van der Waals surface area contributed by atoms with Gasteiger partial charge < -0.3 is 5.73 Å². The number of thioether (sulfide) groups is 1. The van der Waals surface area contributed by atoms with Crippen LogP contribution in [0.25, 0.3) is 0 Å². The highest BCUT2D eigenvalue weighted by atomic mass is 35.5. The molecular formula is C12H20ClNS. The molecule has 1 nitrogen and oxygen atoms in total. The Balaban J connectivity index is 0.00000196. The summed E-state index contributed by atoms with van der Waals surface area (Å²) < 4.78 is 0. The molecule has 86 valence electrons. The van der Waals surface area contributed by atoms with Crippen LogP contribution in [0.3, 0.4) is 0 Å². The molecule has 0 aliphatic carbocycles. The Labute approximate surface area is 103 Å². The van der Waals surface area contributed by atoms with Crippen LogP contribution < -0.4 is 5.73 Å². The minimum atomic E-state index is 0. The summed E-state index contributed by atoms with van der Waals surface area (Å²) in [5.74, 6) is 1.13. The molecule has 0 aromatic heterocycles. The summed E-state index contributed by atoms with van der Waals surface area (Å²) in [5, 5.41) is 0. The van der Waals surface area contributed by atoms with E-state index in [9.17, 15) is 0 Å². The zero-order valence-corrected chi connectivity index (χ0v) is 11.0. The Morgan fingerprint density at radius 2 is 1.80 bits per heavy atom. The number of hydrogen-bond acceptors (Lipinski definition) is 2. The summed E-state index contributed by atoms with van der Waals surface area (Å²) >= 11 is 1.87. The minimum Gasteiger partial charge on any atom is -0.324 e. The van der Waals surface area contributed by atoms with Gasteiger partial charge in [-0.05, 0) is 29.9 Å². The molecule has 0 unspecified atom stereocenters. The Bertz CT molecular complexity index is 261. The molecule has 1 atom stereocenters. The lowest BCUT2D eigenvalue weighted by Gasteiger charge is -2.10. The first kappa shape index (κ1) is 14.8. The van der Waals surface area contributed by atoms with Gasteiger partial charge in [0.15, 0.2) is 0 Å². The molecule has 0 saturated carbocycles. The summed E-state index contributed by atoms with van der Waals surface area (Å²) in [7, 11) is 0. The molecule has 0 spiro atoms. The van der Waals surface area contributed by atoms with Gasteiger partial charge in [0.25, 0.3) is 0 Å². The Kier molecular flexibility index (Phi) is 7.93. The number of halogens is 1. The third-order valence-electron chi connectivity index (χ3n) is 2.22. The molecular weight excluding hydrogens is 226 g/mol. The molecule has 1 aromatic carbocycles. The van der Waals surface area contributed by atoms with Crippen LogP contribution in [-0.2, 0) is 0 Å². The summed E-state index contributed by atoms with van der Waals surface area (Å²) in [6.45, 7) is 4.34. The first-order valence-corrected chi connectivity index (χ1v) is 6.24. The number of rotatable bonds is 5. The van der Waals surface area contributed by atoms with Crippen LogP contribution >= 0.6 is 24.2 Å². The van der Waals surface area contributed by atoms with E-state index in [1.54, 1.807) is 0 Å². The third-order valence-corrected chi connectivity index (χ3v) is 3.11. The molecule has 0 aliphatic heterocycles. The highest BCUT2D eigenvalue weighted by molar-refractivity contribution is 7.99. The van der Waals surface area contributed by atoms with Crippen molar-refractivity contribution in [1.29, 1.82) is 0 Å². The standard InChI is InChI=1S/C12H19NS.ClH/c1-3-5-12(13)10-6-8-11(9-7-10)14-4-2;/h6-9,12H,3-5,13H2,1-2H3;1H/t12-;/m1./s1. The van der Waals surface area contributed by atoms with E-state index in [2.05, 4.69) is 38.1 Å². The van der Waals surface area contributed by atoms with E-state index in [0.717, 1.165) is 18.6 Å². The number of benzene rings is 1. The van der Waals surface area contributed by atoms with Crippen molar-refractivity contribution in [2.24, 2.45) is 5.73 Å². The lowest BCUT2D eigenvalue weighted by molar-refractivity contribution is 0.638. The average molecular weight is 246 g/mol. The van der Waals surface area contributed by atoms with Crippen LogP contribution in [0.1, 0.15) is 38.3 Å². The van der Waals surface area contributed by atoms with Crippen LogP contribution in [0.15, 0.2) is 29.2 Å². The van der Waals surface area contributed by atoms with E-state index in [0.29, 0.717) is 0 Å². The van der Waals surface area contributed by atoms with Crippen molar-refractivity contribution >= 4 is 24.2 Å². The predicted octanol–water partition coefficient (Wildman–Crippen LogP) is 4.02. The minimum absolute atomic E-state index is 0. The van der Waals surface area contributed by atoms with Crippen molar-refractivity contribution in [3.63, 3.8) is 0 Å². The van der Waals surface area contributed by atoms with Crippen molar-refractivity contribution in [1.82, 2.24) is 0 Å². The molecule has 1 aromatic rings. The Morgan fingerprint density at radius 1 is 1.20 bits per heavy atom. The molecule has 0 heterocycles. The van der Waals surface area contributed by atoms with Crippen molar-refractivity contribution in [3.8, 4) is 0 Å². The fraction of sp³-hybridized carbons (Fsp3) is 0.500. The van der Waals surface area contributed by atoms with Gasteiger partial charge in [-0.15, -0.1) is 24.2 Å². The average Bonchev–Trinajstić information content (AvgIpc) is 2.20. The van der Waals surface area contributed by atoms with Gasteiger partial charge >= 0.3 is 0 Å². The van der Waals surface area contributed by atoms with Gasteiger partial charge in [-0.1, -0.05) is 32.4 Å². The second-order valence-electron chi connectivity index (χ2n) is 3.40. The number of nitrogens with two attached hydrogens (primary N) is 1. The number of hydrogen-bond donors (Lipinski definition) is 1. The van der Waals surface area contributed by atoms with Gasteiger partial charge in [0.1, 0.15) is 0 Å². The smallest absolute Gasteiger partial charge is 0.0294 e. The van der Waals surface area contributed by atoms with Gasteiger partial charge in [-0.3, -0.25) is 0 Å². The topological polar surface area (TPSA) is 26.0 Å². The molecule has 3 heteroatoms. The third kappa shape index (κ3) is 4.92. The molecule has 15 heavy (non-hydrogen) atoms. The van der Waals surface area contributed by atoms with Crippen LogP contribution in [0, 0.1) is 0 Å². The molecule has 1 rings (SSSR count). The predicted molar refractivity (Wildman–Crippen MR) is 71.9 cm³/mol. The van der Waals surface area contributed by atoms with Crippen LogP contribution in [0.5, 0.6) is 0 Å². The fourth-order valence-electron chi connectivity index (χ4n) is 1.46. The second-order valence-corrected chi connectivity index (χ2v) is 4.73. The molecule has 0 bridgehead atoms. The van der Waals surface area contributed by atoms with E-state index in [1.165, 1.54) is 10.5 Å². The van der Waals surface area contributed by atoms with Gasteiger partial charge in [-0.2, -0.15) is 0 Å². The van der Waals surface area contributed by atoms with E-state index >= 15 is 0 Å². The SMILES string of the molecule is CCC[C@@H](N)c1ccc(SCC)cc1.Cl. The summed E-state index contributed by atoms with van der Waals surface area (Å²) in [4.78, 5) is 1.33. The molecule has 0 amide bonds. The maximum absolute atomic E-state index is 6.02. The quantitative estimate of drug-likeness (QED) is 0.793. The van der Waals surface area contributed by atoms with Crippen LogP contribution in [0.2, 0.25) is 0 Å². The molecule has 0 radical (unpaired) electrons. The molecule has 0 saturated heterocycles. The molecule has 0 aliphatic rings. The maximum atomic E-state index is 6.02. The van der Waals surface area contributed by atoms with Gasteiger partial charge in [-0.25, -0.2) is 0 Å². The van der Waals surface area contributed by atoms with Crippen molar-refractivity contribution < 1.29 is 0 Å². The Hall–Kier alpha value is -0.180. The molecule has 0 fully saturated rings. The van der Waals surface area contributed by atoms with E-state index in [1.807, 2.05) is 11.8 Å². The largest absolute Gasteiger partial charge is 0.324 e. The maximum Gasteiger partial charge on any atom is 0.0294 e. The lowest BCUT2D eigenvalue weighted by atomic mass is 10.0. The first-order valence-electron chi connectivity index (χ1n) is 5.26. The van der Waals surface area contributed by atoms with E-state index in [4.69, 9.17) is 5.73 Å². The van der Waals surface area contributed by atoms with Crippen LogP contribution in [0.4, 0.5) is 0 Å². The van der Waals surface area contributed by atoms with Gasteiger partial charge in [0.2, 0.25) is 0 Å². The second kappa shape index (κ2) is 8.03. The highest BCUT2D eigenvalue weighted by Gasteiger charge is 2.03. The van der Waals surface area contributed by atoms with Gasteiger partial charge in [0.05, 0.1) is 0 Å². The van der Waals surface area contributed by atoms with Crippen molar-refractivity contribution in [2.75, 3.05) is 5.75 Å². The van der Waals surface area contributed by atoms with Gasteiger partial charge in [0, 0.05) is 10.9 Å². The van der Waals surface area contributed by atoms with Crippen LogP contribution in [-0.4, -0.2) is 5.75 Å². The lowest BCUT2D eigenvalue weighted by Crippen LogP contribution is -2.09. The summed E-state index contributed by atoms with van der Waals surface area (Å²) in [6, 6.07) is 8.84. The normalized spacial score (nSPS) is 11.9. The van der Waals surface area contributed by atoms with E-state index in [-0.39, 0.29) is 18.4 Å².